The second-order valence-corrected chi connectivity index (χ2v) is 6.11. The van der Waals surface area contributed by atoms with Crippen molar-refractivity contribution < 1.29 is 9.53 Å². The average molecular weight is 290 g/mol. The van der Waals surface area contributed by atoms with Crippen LogP contribution in [0.3, 0.4) is 0 Å². The maximum atomic E-state index is 12.6. The number of aromatic nitrogens is 1. The van der Waals surface area contributed by atoms with Gasteiger partial charge in [-0.25, -0.2) is 0 Å². The minimum absolute atomic E-state index is 0.117. The fourth-order valence-electron chi connectivity index (χ4n) is 2.64. The van der Waals surface area contributed by atoms with E-state index in [9.17, 15) is 4.79 Å². The summed E-state index contributed by atoms with van der Waals surface area (Å²) in [6.45, 7) is 1.67. The van der Waals surface area contributed by atoms with Crippen molar-refractivity contribution in [3.8, 4) is 5.75 Å². The standard InChI is InChI=1S/C15H18N2O2S/c1-16-12-4-3-5-14(19-2)11(12)10-13(16)15(18)17-6-8-20-9-7-17/h3-5,10H,6-9H2,1-2H3. The molecule has 1 aliphatic rings. The number of benzene rings is 1. The quantitative estimate of drug-likeness (QED) is 0.851. The number of hydrogen-bond donors (Lipinski definition) is 0. The van der Waals surface area contributed by atoms with Gasteiger partial charge in [-0.15, -0.1) is 0 Å². The molecule has 1 saturated heterocycles. The number of carbonyl (C=O) groups is 1. The number of amides is 1. The van der Waals surface area contributed by atoms with E-state index in [0.717, 1.165) is 46.9 Å². The van der Waals surface area contributed by atoms with Gasteiger partial charge in [-0.3, -0.25) is 4.79 Å². The summed E-state index contributed by atoms with van der Waals surface area (Å²) < 4.78 is 7.34. The number of nitrogens with zero attached hydrogens (tertiary/aromatic N) is 2. The molecule has 2 heterocycles. The Kier molecular flexibility index (Phi) is 3.61. The molecule has 2 aromatic rings. The molecule has 0 bridgehead atoms. The third kappa shape index (κ3) is 2.16. The van der Waals surface area contributed by atoms with Gasteiger partial charge in [-0.1, -0.05) is 6.07 Å². The maximum Gasteiger partial charge on any atom is 0.270 e. The molecule has 0 aliphatic carbocycles. The van der Waals surface area contributed by atoms with Gasteiger partial charge in [-0.2, -0.15) is 11.8 Å². The number of thioether (sulfide) groups is 1. The highest BCUT2D eigenvalue weighted by Gasteiger charge is 2.22. The predicted molar refractivity (Wildman–Crippen MR) is 82.7 cm³/mol. The molecule has 0 unspecified atom stereocenters. The first-order valence-electron chi connectivity index (χ1n) is 6.72. The molecule has 0 atom stereocenters. The fourth-order valence-corrected chi connectivity index (χ4v) is 3.55. The van der Waals surface area contributed by atoms with Crippen molar-refractivity contribution in [2.45, 2.75) is 0 Å². The third-order valence-electron chi connectivity index (χ3n) is 3.78. The Morgan fingerprint density at radius 3 is 2.75 bits per heavy atom. The van der Waals surface area contributed by atoms with Crippen LogP contribution in [-0.4, -0.2) is 47.1 Å². The molecule has 20 heavy (non-hydrogen) atoms. The van der Waals surface area contributed by atoms with Gasteiger partial charge >= 0.3 is 0 Å². The molecule has 5 heteroatoms. The lowest BCUT2D eigenvalue weighted by atomic mass is 10.2. The van der Waals surface area contributed by atoms with Crippen LogP contribution in [0.1, 0.15) is 10.5 Å². The SMILES string of the molecule is COc1cccc2c1cc(C(=O)N1CCSCC1)n2C. The number of rotatable bonds is 2. The zero-order valence-corrected chi connectivity index (χ0v) is 12.6. The van der Waals surface area contributed by atoms with Gasteiger partial charge in [0.15, 0.2) is 0 Å². The Morgan fingerprint density at radius 2 is 2.05 bits per heavy atom. The molecule has 1 fully saturated rings. The van der Waals surface area contributed by atoms with Crippen molar-refractivity contribution in [2.75, 3.05) is 31.7 Å². The van der Waals surface area contributed by atoms with E-state index in [1.807, 2.05) is 52.5 Å². The molecule has 0 N–H and O–H groups in total. The fraction of sp³-hybridized carbons (Fsp3) is 0.400. The van der Waals surface area contributed by atoms with Gasteiger partial charge < -0.3 is 14.2 Å². The van der Waals surface area contributed by atoms with Crippen molar-refractivity contribution in [3.05, 3.63) is 30.0 Å². The van der Waals surface area contributed by atoms with Crippen LogP contribution in [0.15, 0.2) is 24.3 Å². The first-order valence-corrected chi connectivity index (χ1v) is 7.87. The van der Waals surface area contributed by atoms with Crippen molar-refractivity contribution in [2.24, 2.45) is 7.05 Å². The summed E-state index contributed by atoms with van der Waals surface area (Å²) in [7, 11) is 3.60. The Labute approximate surface area is 122 Å². The Bertz CT molecular complexity index is 645. The van der Waals surface area contributed by atoms with Gasteiger partial charge in [0.1, 0.15) is 11.4 Å². The highest BCUT2D eigenvalue weighted by molar-refractivity contribution is 7.99. The number of aryl methyl sites for hydroxylation is 1. The number of methoxy groups -OCH3 is 1. The van der Waals surface area contributed by atoms with Crippen LogP contribution >= 0.6 is 11.8 Å². The molecule has 3 rings (SSSR count). The molecule has 106 valence electrons. The van der Waals surface area contributed by atoms with E-state index in [2.05, 4.69) is 0 Å². The van der Waals surface area contributed by atoms with Crippen molar-refractivity contribution >= 4 is 28.6 Å². The van der Waals surface area contributed by atoms with Crippen LogP contribution in [0.5, 0.6) is 5.75 Å². The normalized spacial score (nSPS) is 15.6. The Morgan fingerprint density at radius 1 is 1.30 bits per heavy atom. The second kappa shape index (κ2) is 5.40. The van der Waals surface area contributed by atoms with Gasteiger partial charge in [0.25, 0.3) is 5.91 Å². The lowest BCUT2D eigenvalue weighted by Crippen LogP contribution is -2.38. The third-order valence-corrected chi connectivity index (χ3v) is 4.73. The first kappa shape index (κ1) is 13.4. The summed E-state index contributed by atoms with van der Waals surface area (Å²) in [6, 6.07) is 7.83. The number of carbonyl (C=O) groups excluding carboxylic acids is 1. The predicted octanol–water partition coefficient (Wildman–Crippen LogP) is 2.38. The van der Waals surface area contributed by atoms with Crippen molar-refractivity contribution in [1.82, 2.24) is 9.47 Å². The second-order valence-electron chi connectivity index (χ2n) is 4.89. The van der Waals surface area contributed by atoms with Crippen LogP contribution < -0.4 is 4.74 Å². The van der Waals surface area contributed by atoms with Gasteiger partial charge in [-0.05, 0) is 18.2 Å². The van der Waals surface area contributed by atoms with E-state index in [0.29, 0.717) is 0 Å². The lowest BCUT2D eigenvalue weighted by Gasteiger charge is -2.26. The minimum Gasteiger partial charge on any atom is -0.496 e. The van der Waals surface area contributed by atoms with Crippen LogP contribution in [-0.2, 0) is 7.05 Å². The molecular formula is C15H18N2O2S. The zero-order chi connectivity index (χ0) is 14.1. The Balaban J connectivity index is 2.03. The van der Waals surface area contributed by atoms with Gasteiger partial charge in [0.05, 0.1) is 12.6 Å². The summed E-state index contributed by atoms with van der Waals surface area (Å²) in [4.78, 5) is 14.6. The number of hydrogen-bond acceptors (Lipinski definition) is 3. The van der Waals surface area contributed by atoms with Crippen LogP contribution in [0.2, 0.25) is 0 Å². The zero-order valence-electron chi connectivity index (χ0n) is 11.8. The van der Waals surface area contributed by atoms with Crippen LogP contribution in [0.25, 0.3) is 10.9 Å². The van der Waals surface area contributed by atoms with E-state index in [4.69, 9.17) is 4.74 Å². The number of fused-ring (bicyclic) bond motifs is 1. The minimum atomic E-state index is 0.117. The first-order chi connectivity index (χ1) is 9.72. The van der Waals surface area contributed by atoms with E-state index >= 15 is 0 Å². The highest BCUT2D eigenvalue weighted by atomic mass is 32.2. The largest absolute Gasteiger partial charge is 0.496 e. The highest BCUT2D eigenvalue weighted by Crippen LogP contribution is 2.28. The molecule has 0 radical (unpaired) electrons. The van der Waals surface area contributed by atoms with E-state index in [1.165, 1.54) is 0 Å². The molecule has 0 spiro atoms. The van der Waals surface area contributed by atoms with Crippen molar-refractivity contribution in [1.29, 1.82) is 0 Å². The summed E-state index contributed by atoms with van der Waals surface area (Å²) in [6.07, 6.45) is 0. The molecule has 1 aliphatic heterocycles. The van der Waals surface area contributed by atoms with E-state index < -0.39 is 0 Å². The van der Waals surface area contributed by atoms with Crippen molar-refractivity contribution in [3.63, 3.8) is 0 Å². The monoisotopic (exact) mass is 290 g/mol. The average Bonchev–Trinajstić information content (AvgIpc) is 2.85. The molecule has 1 aromatic heterocycles. The number of ether oxygens (including phenoxy) is 1. The van der Waals surface area contributed by atoms with E-state index in [1.54, 1.807) is 7.11 Å². The molecular weight excluding hydrogens is 272 g/mol. The smallest absolute Gasteiger partial charge is 0.270 e. The summed E-state index contributed by atoms with van der Waals surface area (Å²) in [5, 5.41) is 0.993. The summed E-state index contributed by atoms with van der Waals surface area (Å²) in [5.74, 6) is 2.98. The summed E-state index contributed by atoms with van der Waals surface area (Å²) in [5.41, 5.74) is 1.76. The Hall–Kier alpha value is -1.62. The van der Waals surface area contributed by atoms with E-state index in [-0.39, 0.29) is 5.91 Å². The topological polar surface area (TPSA) is 34.5 Å². The summed E-state index contributed by atoms with van der Waals surface area (Å²) >= 11 is 1.91. The molecule has 1 aromatic carbocycles. The lowest BCUT2D eigenvalue weighted by molar-refractivity contribution is 0.0763. The van der Waals surface area contributed by atoms with Crippen LogP contribution in [0, 0.1) is 0 Å². The van der Waals surface area contributed by atoms with Gasteiger partial charge in [0.2, 0.25) is 0 Å². The molecule has 1 amide bonds. The maximum absolute atomic E-state index is 12.6. The molecule has 0 saturated carbocycles. The molecule has 4 nitrogen and oxygen atoms in total. The van der Waals surface area contributed by atoms with Gasteiger partial charge in [0, 0.05) is 37.0 Å². The van der Waals surface area contributed by atoms with Crippen LogP contribution in [0.4, 0.5) is 0 Å².